The molecule has 1 N–H and O–H groups in total. The Morgan fingerprint density at radius 2 is 1.79 bits per heavy atom. The van der Waals surface area contributed by atoms with Crippen molar-refractivity contribution in [3.05, 3.63) is 35.9 Å². The summed E-state index contributed by atoms with van der Waals surface area (Å²) in [5, 5.41) is 3.20. The molecule has 0 aromatic heterocycles. The third-order valence-electron chi connectivity index (χ3n) is 6.13. The molecule has 1 aromatic rings. The number of piperidine rings is 1. The molecule has 2 aliphatic rings. The van der Waals surface area contributed by atoms with E-state index >= 15 is 0 Å². The Kier molecular flexibility index (Phi) is 8.62. The summed E-state index contributed by atoms with van der Waals surface area (Å²) in [5.74, 6) is 0. The van der Waals surface area contributed by atoms with Gasteiger partial charge in [-0.05, 0) is 50.6 Å². The second-order valence-corrected chi connectivity index (χ2v) is 8.14. The van der Waals surface area contributed by atoms with Gasteiger partial charge < -0.3 is 19.9 Å². The third kappa shape index (κ3) is 6.21. The summed E-state index contributed by atoms with van der Waals surface area (Å²) >= 11 is 0. The van der Waals surface area contributed by atoms with Gasteiger partial charge in [0.1, 0.15) is 0 Å². The quantitative estimate of drug-likeness (QED) is 0.740. The molecule has 5 nitrogen and oxygen atoms in total. The number of unbranched alkanes of at least 4 members (excludes halogenated alkanes) is 1. The van der Waals surface area contributed by atoms with Crippen molar-refractivity contribution in [3.63, 3.8) is 0 Å². The second kappa shape index (κ2) is 11.4. The molecule has 0 saturated carbocycles. The lowest BCUT2D eigenvalue weighted by atomic mass is 9.98. The Morgan fingerprint density at radius 3 is 2.46 bits per heavy atom. The van der Waals surface area contributed by atoms with Crippen LogP contribution >= 0.6 is 0 Å². The Labute approximate surface area is 170 Å². The van der Waals surface area contributed by atoms with Crippen LogP contribution in [-0.2, 0) is 11.2 Å². The highest BCUT2D eigenvalue weighted by molar-refractivity contribution is 5.75. The Hall–Kier alpha value is -1.59. The molecule has 0 radical (unpaired) electrons. The number of carbonyl (C=O) groups is 1. The standard InChI is InChI=1S/C23H37N3O2/c1-2-3-15-25-16-10-21(11-17-25)26(22-12-18-28-19-13-22)23(27)24-14-9-20-7-5-4-6-8-20/h4-8,21-22H,2-3,9-19H2,1H3,(H,24,27). The van der Waals surface area contributed by atoms with Crippen molar-refractivity contribution in [2.24, 2.45) is 0 Å². The molecule has 0 bridgehead atoms. The Balaban J connectivity index is 1.55. The van der Waals surface area contributed by atoms with E-state index in [1.54, 1.807) is 0 Å². The van der Waals surface area contributed by atoms with Crippen LogP contribution in [0.3, 0.4) is 0 Å². The average molecular weight is 388 g/mol. The van der Waals surface area contributed by atoms with Gasteiger partial charge >= 0.3 is 6.03 Å². The summed E-state index contributed by atoms with van der Waals surface area (Å²) < 4.78 is 5.55. The van der Waals surface area contributed by atoms with Crippen LogP contribution in [0.4, 0.5) is 4.79 Å². The molecule has 5 heteroatoms. The van der Waals surface area contributed by atoms with Crippen LogP contribution < -0.4 is 5.32 Å². The van der Waals surface area contributed by atoms with Gasteiger partial charge in [-0.3, -0.25) is 0 Å². The monoisotopic (exact) mass is 387 g/mol. The van der Waals surface area contributed by atoms with Gasteiger partial charge in [0.2, 0.25) is 0 Å². The summed E-state index contributed by atoms with van der Waals surface area (Å²) in [7, 11) is 0. The number of benzene rings is 1. The van der Waals surface area contributed by atoms with Crippen LogP contribution in [0.5, 0.6) is 0 Å². The molecule has 0 atom stereocenters. The second-order valence-electron chi connectivity index (χ2n) is 8.14. The molecule has 2 heterocycles. The number of urea groups is 1. The highest BCUT2D eigenvalue weighted by atomic mass is 16.5. The van der Waals surface area contributed by atoms with Gasteiger partial charge in [-0.15, -0.1) is 0 Å². The number of hydrogen-bond donors (Lipinski definition) is 1. The molecule has 156 valence electrons. The van der Waals surface area contributed by atoms with E-state index < -0.39 is 0 Å². The molecule has 2 saturated heterocycles. The van der Waals surface area contributed by atoms with Crippen LogP contribution in [-0.4, -0.2) is 67.3 Å². The number of rotatable bonds is 8. The van der Waals surface area contributed by atoms with E-state index in [9.17, 15) is 4.79 Å². The first-order chi connectivity index (χ1) is 13.8. The predicted molar refractivity (Wildman–Crippen MR) is 114 cm³/mol. The molecule has 1 aromatic carbocycles. The molecule has 2 aliphatic heterocycles. The van der Waals surface area contributed by atoms with Crippen molar-refractivity contribution < 1.29 is 9.53 Å². The maximum absolute atomic E-state index is 13.1. The first-order valence-electron chi connectivity index (χ1n) is 11.2. The highest BCUT2D eigenvalue weighted by Gasteiger charge is 2.33. The lowest BCUT2D eigenvalue weighted by Crippen LogP contribution is -2.56. The van der Waals surface area contributed by atoms with Gasteiger partial charge in [0.05, 0.1) is 0 Å². The van der Waals surface area contributed by atoms with Crippen LogP contribution in [0.1, 0.15) is 51.0 Å². The van der Waals surface area contributed by atoms with Gasteiger partial charge in [-0.1, -0.05) is 43.7 Å². The molecule has 3 rings (SSSR count). The molecule has 0 aliphatic carbocycles. The summed E-state index contributed by atoms with van der Waals surface area (Å²) in [4.78, 5) is 17.9. The maximum Gasteiger partial charge on any atom is 0.317 e. The zero-order valence-electron chi connectivity index (χ0n) is 17.4. The van der Waals surface area contributed by atoms with E-state index in [-0.39, 0.29) is 6.03 Å². The molecule has 0 spiro atoms. The molecule has 2 fully saturated rings. The largest absolute Gasteiger partial charge is 0.381 e. The summed E-state index contributed by atoms with van der Waals surface area (Å²) in [5.41, 5.74) is 1.27. The van der Waals surface area contributed by atoms with Gasteiger partial charge in [-0.2, -0.15) is 0 Å². The highest BCUT2D eigenvalue weighted by Crippen LogP contribution is 2.24. The first kappa shape index (κ1) is 21.1. The van der Waals surface area contributed by atoms with E-state index in [4.69, 9.17) is 4.74 Å². The number of nitrogens with zero attached hydrogens (tertiary/aromatic N) is 2. The zero-order chi connectivity index (χ0) is 19.6. The summed E-state index contributed by atoms with van der Waals surface area (Å²) in [6, 6.07) is 11.2. The molecular formula is C23H37N3O2. The predicted octanol–water partition coefficient (Wildman–Crippen LogP) is 3.68. The fraction of sp³-hybridized carbons (Fsp3) is 0.696. The average Bonchev–Trinajstić information content (AvgIpc) is 2.75. The number of nitrogens with one attached hydrogen (secondary N) is 1. The number of hydrogen-bond acceptors (Lipinski definition) is 3. The van der Waals surface area contributed by atoms with Crippen LogP contribution in [0, 0.1) is 0 Å². The van der Waals surface area contributed by atoms with Gasteiger partial charge in [0, 0.05) is 44.9 Å². The zero-order valence-corrected chi connectivity index (χ0v) is 17.4. The van der Waals surface area contributed by atoms with E-state index in [0.717, 1.165) is 58.4 Å². The van der Waals surface area contributed by atoms with Crippen molar-refractivity contribution in [2.75, 3.05) is 39.4 Å². The minimum Gasteiger partial charge on any atom is -0.381 e. The van der Waals surface area contributed by atoms with Crippen LogP contribution in [0.2, 0.25) is 0 Å². The maximum atomic E-state index is 13.1. The Morgan fingerprint density at radius 1 is 1.11 bits per heavy atom. The van der Waals surface area contributed by atoms with Gasteiger partial charge in [0.15, 0.2) is 0 Å². The fourth-order valence-corrected chi connectivity index (χ4v) is 4.45. The van der Waals surface area contributed by atoms with E-state index in [1.165, 1.54) is 24.9 Å². The van der Waals surface area contributed by atoms with E-state index in [1.807, 2.05) is 6.07 Å². The van der Waals surface area contributed by atoms with Gasteiger partial charge in [-0.25, -0.2) is 4.79 Å². The number of likely N-dealkylation sites (tertiary alicyclic amines) is 1. The first-order valence-corrected chi connectivity index (χ1v) is 11.2. The summed E-state index contributed by atoms with van der Waals surface area (Å²) in [6.07, 6.45) is 7.50. The van der Waals surface area contributed by atoms with E-state index in [2.05, 4.69) is 46.3 Å². The number of carbonyl (C=O) groups excluding carboxylic acids is 1. The van der Waals surface area contributed by atoms with E-state index in [0.29, 0.717) is 18.6 Å². The normalized spacial score (nSPS) is 19.5. The SMILES string of the molecule is CCCCN1CCC(N(C(=O)NCCc2ccccc2)C2CCOCC2)CC1. The Bertz CT molecular complexity index is 566. The molecular weight excluding hydrogens is 350 g/mol. The van der Waals surface area contributed by atoms with Crippen molar-refractivity contribution in [1.82, 2.24) is 15.1 Å². The van der Waals surface area contributed by atoms with Crippen molar-refractivity contribution in [2.45, 2.75) is 64.0 Å². The van der Waals surface area contributed by atoms with Crippen molar-refractivity contribution in [1.29, 1.82) is 0 Å². The van der Waals surface area contributed by atoms with Crippen LogP contribution in [0.15, 0.2) is 30.3 Å². The fourth-order valence-electron chi connectivity index (χ4n) is 4.45. The van der Waals surface area contributed by atoms with Crippen molar-refractivity contribution >= 4 is 6.03 Å². The molecule has 0 unspecified atom stereocenters. The number of amides is 2. The lowest BCUT2D eigenvalue weighted by Gasteiger charge is -2.43. The van der Waals surface area contributed by atoms with Gasteiger partial charge in [0.25, 0.3) is 0 Å². The van der Waals surface area contributed by atoms with Crippen LogP contribution in [0.25, 0.3) is 0 Å². The third-order valence-corrected chi connectivity index (χ3v) is 6.13. The molecule has 28 heavy (non-hydrogen) atoms. The van der Waals surface area contributed by atoms with Crippen molar-refractivity contribution in [3.8, 4) is 0 Å². The number of ether oxygens (including phenoxy) is 1. The minimum atomic E-state index is 0.120. The summed E-state index contributed by atoms with van der Waals surface area (Å²) in [6.45, 7) is 7.91. The molecule has 2 amide bonds. The lowest BCUT2D eigenvalue weighted by molar-refractivity contribution is 0.0210. The minimum absolute atomic E-state index is 0.120. The topological polar surface area (TPSA) is 44.8 Å². The smallest absolute Gasteiger partial charge is 0.317 e.